The number of carbonyl (C=O) groups is 3. The maximum Gasteiger partial charge on any atom is 0.409 e. The number of hydrogen-bond donors (Lipinski definition) is 2. The number of likely N-dealkylation sites (tertiary alicyclic amines) is 1. The number of amides is 2. The Morgan fingerprint density at radius 2 is 1.53 bits per heavy atom. The number of ether oxygens (including phenoxy) is 1. The van der Waals surface area contributed by atoms with E-state index in [1.807, 2.05) is 24.3 Å². The number of hydrogen-bond acceptors (Lipinski definition) is 4. The number of fused-ring (bicyclic) bond motifs is 3. The highest BCUT2D eigenvalue weighted by Crippen LogP contribution is 2.44. The second kappa shape index (κ2) is 8.57. The van der Waals surface area contributed by atoms with Crippen LogP contribution in [0.15, 0.2) is 48.5 Å². The van der Waals surface area contributed by atoms with Gasteiger partial charge in [0.2, 0.25) is 0 Å². The van der Waals surface area contributed by atoms with Gasteiger partial charge >= 0.3 is 18.0 Å². The zero-order valence-corrected chi connectivity index (χ0v) is 16.5. The lowest BCUT2D eigenvalue weighted by atomic mass is 9.97. The van der Waals surface area contributed by atoms with Gasteiger partial charge in [-0.2, -0.15) is 0 Å². The van der Waals surface area contributed by atoms with Crippen LogP contribution in [-0.2, 0) is 14.3 Å². The van der Waals surface area contributed by atoms with E-state index in [0.717, 1.165) is 0 Å². The average molecular weight is 408 g/mol. The van der Waals surface area contributed by atoms with Gasteiger partial charge in [0.15, 0.2) is 0 Å². The third kappa shape index (κ3) is 4.01. The monoisotopic (exact) mass is 408 g/mol. The molecule has 7 heteroatoms. The molecule has 2 aliphatic rings. The third-order valence-corrected chi connectivity index (χ3v) is 5.95. The molecule has 0 unspecified atom stereocenters. The van der Waals surface area contributed by atoms with E-state index >= 15 is 0 Å². The minimum absolute atomic E-state index is 0.0325. The Bertz CT molecular complexity index is 920. The van der Waals surface area contributed by atoms with Gasteiger partial charge in [-0.15, -0.1) is 0 Å². The number of aliphatic carboxylic acids is 1. The van der Waals surface area contributed by atoms with E-state index in [1.54, 1.807) is 4.90 Å². The van der Waals surface area contributed by atoms with Crippen LogP contribution in [0.2, 0.25) is 0 Å². The first-order chi connectivity index (χ1) is 14.5. The van der Waals surface area contributed by atoms with Crippen LogP contribution in [-0.4, -0.2) is 54.2 Å². The number of piperidine rings is 1. The summed E-state index contributed by atoms with van der Waals surface area (Å²) in [6.07, 6.45) is 1.07. The van der Waals surface area contributed by atoms with E-state index in [-0.39, 0.29) is 17.9 Å². The van der Waals surface area contributed by atoms with Crippen molar-refractivity contribution in [3.63, 3.8) is 0 Å². The normalized spacial score (nSPS) is 15.9. The molecular weight excluding hydrogens is 384 g/mol. The Hall–Kier alpha value is -3.35. The molecule has 1 saturated heterocycles. The number of benzene rings is 2. The molecule has 0 radical (unpaired) electrons. The highest BCUT2D eigenvalue weighted by Gasteiger charge is 2.30. The van der Waals surface area contributed by atoms with Crippen molar-refractivity contribution in [1.82, 2.24) is 10.2 Å². The van der Waals surface area contributed by atoms with Crippen LogP contribution in [0.25, 0.3) is 11.1 Å². The third-order valence-electron chi connectivity index (χ3n) is 5.95. The molecule has 0 aromatic heterocycles. The lowest BCUT2D eigenvalue weighted by Crippen LogP contribution is -2.43. The molecule has 0 saturated carbocycles. The SMILES string of the molecule is O=C(O)C(=O)NCC1CCN(C(=O)OCC2c3ccccc3-c3ccccc32)CC1. The highest BCUT2D eigenvalue weighted by molar-refractivity contribution is 6.31. The fourth-order valence-electron chi connectivity index (χ4n) is 4.32. The Morgan fingerprint density at radius 1 is 0.967 bits per heavy atom. The molecule has 2 aromatic rings. The Kier molecular flexibility index (Phi) is 5.70. The smallest absolute Gasteiger partial charge is 0.409 e. The van der Waals surface area contributed by atoms with Crippen LogP contribution in [0.3, 0.4) is 0 Å². The predicted molar refractivity (Wildman–Crippen MR) is 110 cm³/mol. The van der Waals surface area contributed by atoms with Crippen LogP contribution in [0.5, 0.6) is 0 Å². The maximum absolute atomic E-state index is 12.6. The molecule has 1 aliphatic heterocycles. The lowest BCUT2D eigenvalue weighted by Gasteiger charge is -2.31. The first kappa shape index (κ1) is 19.9. The van der Waals surface area contributed by atoms with Crippen molar-refractivity contribution in [1.29, 1.82) is 0 Å². The second-order valence-electron chi connectivity index (χ2n) is 7.75. The number of nitrogens with zero attached hydrogens (tertiary/aromatic N) is 1. The molecule has 4 rings (SSSR count). The summed E-state index contributed by atoms with van der Waals surface area (Å²) in [6.45, 7) is 1.67. The first-order valence-electron chi connectivity index (χ1n) is 10.2. The van der Waals surface area contributed by atoms with Crippen molar-refractivity contribution in [2.24, 2.45) is 5.92 Å². The van der Waals surface area contributed by atoms with Gasteiger partial charge in [-0.25, -0.2) is 9.59 Å². The summed E-state index contributed by atoms with van der Waals surface area (Å²) in [5.74, 6) is -2.28. The highest BCUT2D eigenvalue weighted by atomic mass is 16.6. The summed E-state index contributed by atoms with van der Waals surface area (Å²) in [5.41, 5.74) is 4.75. The zero-order valence-electron chi connectivity index (χ0n) is 16.5. The molecule has 2 amide bonds. The van der Waals surface area contributed by atoms with E-state index in [4.69, 9.17) is 9.84 Å². The maximum atomic E-state index is 12.6. The van der Waals surface area contributed by atoms with Crippen molar-refractivity contribution >= 4 is 18.0 Å². The van der Waals surface area contributed by atoms with Crippen molar-refractivity contribution in [2.45, 2.75) is 18.8 Å². The van der Waals surface area contributed by atoms with Gasteiger partial charge < -0.3 is 20.1 Å². The molecule has 2 aromatic carbocycles. The Labute approximate surface area is 174 Å². The van der Waals surface area contributed by atoms with Crippen molar-refractivity contribution < 1.29 is 24.2 Å². The van der Waals surface area contributed by atoms with Crippen molar-refractivity contribution in [3.8, 4) is 11.1 Å². The standard InChI is InChI=1S/C23H24N2O5/c26-21(22(27)28)24-13-15-9-11-25(12-10-15)23(29)30-14-20-18-7-3-1-5-16(18)17-6-2-4-8-19(17)20/h1-8,15,20H,9-14H2,(H,24,26)(H,27,28). The largest absolute Gasteiger partial charge is 0.474 e. The number of nitrogens with one attached hydrogen (secondary N) is 1. The van der Waals surface area contributed by atoms with E-state index in [9.17, 15) is 14.4 Å². The van der Waals surface area contributed by atoms with Crippen LogP contribution in [0, 0.1) is 5.92 Å². The summed E-state index contributed by atoms with van der Waals surface area (Å²) < 4.78 is 5.68. The molecule has 0 spiro atoms. The van der Waals surface area contributed by atoms with Gasteiger partial charge in [0.1, 0.15) is 6.61 Å². The topological polar surface area (TPSA) is 95.9 Å². The van der Waals surface area contributed by atoms with Gasteiger partial charge in [-0.05, 0) is 41.0 Å². The van der Waals surface area contributed by atoms with E-state index in [1.165, 1.54) is 22.3 Å². The number of carbonyl (C=O) groups excluding carboxylic acids is 2. The summed E-state index contributed by atoms with van der Waals surface area (Å²) in [5, 5.41) is 11.0. The van der Waals surface area contributed by atoms with E-state index in [0.29, 0.717) is 39.1 Å². The molecule has 0 atom stereocenters. The fraction of sp³-hybridized carbons (Fsp3) is 0.348. The predicted octanol–water partition coefficient (Wildman–Crippen LogP) is 2.85. The Morgan fingerprint density at radius 3 is 2.10 bits per heavy atom. The number of carboxylic acid groups (broad SMARTS) is 1. The molecule has 7 nitrogen and oxygen atoms in total. The van der Waals surface area contributed by atoms with Gasteiger partial charge in [-0.1, -0.05) is 48.5 Å². The number of carboxylic acids is 1. The second-order valence-corrected chi connectivity index (χ2v) is 7.75. The van der Waals surface area contributed by atoms with E-state index < -0.39 is 11.9 Å². The minimum atomic E-state index is -1.48. The first-order valence-corrected chi connectivity index (χ1v) is 10.2. The molecule has 2 N–H and O–H groups in total. The summed E-state index contributed by atoms with van der Waals surface area (Å²) in [7, 11) is 0. The van der Waals surface area contributed by atoms with Crippen molar-refractivity contribution in [2.75, 3.05) is 26.2 Å². The zero-order chi connectivity index (χ0) is 21.1. The molecule has 1 heterocycles. The van der Waals surface area contributed by atoms with Gasteiger partial charge in [0.25, 0.3) is 0 Å². The summed E-state index contributed by atoms with van der Waals surface area (Å²) in [4.78, 5) is 36.0. The van der Waals surface area contributed by atoms with Crippen LogP contribution in [0.4, 0.5) is 4.79 Å². The molecule has 1 aliphatic carbocycles. The minimum Gasteiger partial charge on any atom is -0.474 e. The number of rotatable bonds is 4. The van der Waals surface area contributed by atoms with Gasteiger partial charge in [0.05, 0.1) is 0 Å². The van der Waals surface area contributed by atoms with Gasteiger partial charge in [-0.3, -0.25) is 4.79 Å². The van der Waals surface area contributed by atoms with Crippen LogP contribution < -0.4 is 5.32 Å². The molecular formula is C23H24N2O5. The molecule has 30 heavy (non-hydrogen) atoms. The summed E-state index contributed by atoms with van der Waals surface area (Å²) >= 11 is 0. The summed E-state index contributed by atoms with van der Waals surface area (Å²) in [6, 6.07) is 16.4. The lowest BCUT2D eigenvalue weighted by molar-refractivity contribution is -0.150. The molecule has 0 bridgehead atoms. The van der Waals surface area contributed by atoms with Gasteiger partial charge in [0, 0.05) is 25.6 Å². The molecule has 1 fully saturated rings. The van der Waals surface area contributed by atoms with E-state index in [2.05, 4.69) is 29.6 Å². The molecule has 156 valence electrons. The van der Waals surface area contributed by atoms with Crippen LogP contribution in [0.1, 0.15) is 29.9 Å². The van der Waals surface area contributed by atoms with Crippen LogP contribution >= 0.6 is 0 Å². The van der Waals surface area contributed by atoms with Crippen molar-refractivity contribution in [3.05, 3.63) is 59.7 Å². The fourth-order valence-corrected chi connectivity index (χ4v) is 4.32. The quantitative estimate of drug-likeness (QED) is 0.759. The Balaban J connectivity index is 1.31. The average Bonchev–Trinajstić information content (AvgIpc) is 3.10.